The average Bonchev–Trinajstić information content (AvgIpc) is 3.29. The molecular weight excluding hydrogens is 564 g/mol. The molecule has 2 aliphatic rings. The number of nitrogens with zero attached hydrogens (tertiary/aromatic N) is 8. The van der Waals surface area contributed by atoms with Crippen LogP contribution in [0.4, 0.5) is 8.63 Å². The lowest BCUT2D eigenvalue weighted by Gasteiger charge is -2.34. The summed E-state index contributed by atoms with van der Waals surface area (Å²) in [4.78, 5) is 5.67. The quantitative estimate of drug-likeness (QED) is 0.107. The van der Waals surface area contributed by atoms with Gasteiger partial charge in [0.25, 0.3) is 0 Å². The molecule has 0 saturated carbocycles. The number of azide groups is 2. The first-order valence-corrected chi connectivity index (χ1v) is 12.4. The third kappa shape index (κ3) is 3.76. The van der Waals surface area contributed by atoms with Gasteiger partial charge in [-0.15, -0.1) is 0 Å². The van der Waals surface area contributed by atoms with Crippen molar-refractivity contribution >= 4 is 40.8 Å². The number of hydrogen-bond acceptors (Lipinski definition) is 2. The zero-order valence-electron chi connectivity index (χ0n) is 19.9. The van der Waals surface area contributed by atoms with Crippen molar-refractivity contribution < 1.29 is 13.1 Å². The van der Waals surface area contributed by atoms with Crippen molar-refractivity contribution in [3.63, 3.8) is 0 Å². The Morgan fingerprint density at radius 2 is 1.66 bits per heavy atom. The lowest BCUT2D eigenvalue weighted by Crippen LogP contribution is -2.52. The summed E-state index contributed by atoms with van der Waals surface area (Å²) in [6.07, 6.45) is 1.04. The van der Waals surface area contributed by atoms with Crippen LogP contribution in [-0.4, -0.2) is 28.2 Å². The minimum atomic E-state index is -4.37. The molecule has 8 nitrogen and oxygen atoms in total. The van der Waals surface area contributed by atoms with Gasteiger partial charge in [-0.2, -0.15) is 0 Å². The van der Waals surface area contributed by atoms with Gasteiger partial charge in [0.1, 0.15) is 12.3 Å². The van der Waals surface area contributed by atoms with Gasteiger partial charge in [-0.3, -0.25) is 0 Å². The molecule has 2 aliphatic heterocycles. The lowest BCUT2D eigenvalue weighted by atomic mass is 9.83. The van der Waals surface area contributed by atoms with Gasteiger partial charge in [-0.25, -0.2) is 0 Å². The van der Waals surface area contributed by atoms with Crippen LogP contribution in [0.15, 0.2) is 51.3 Å². The van der Waals surface area contributed by atoms with E-state index in [1.807, 2.05) is 52.0 Å². The van der Waals surface area contributed by atoms with Gasteiger partial charge in [0.2, 0.25) is 0 Å². The van der Waals surface area contributed by atoms with E-state index in [0.717, 1.165) is 40.4 Å². The summed E-state index contributed by atoms with van der Waals surface area (Å²) in [5.41, 5.74) is 24.0. The second-order valence-corrected chi connectivity index (χ2v) is 9.74. The normalized spacial score (nSPS) is 16.2. The van der Waals surface area contributed by atoms with Crippen LogP contribution in [0.2, 0.25) is 0 Å². The molecule has 0 atom stereocenters. The Bertz CT molecular complexity index is 1420. The summed E-state index contributed by atoms with van der Waals surface area (Å²) < 4.78 is 36.6. The summed E-state index contributed by atoms with van der Waals surface area (Å²) in [7, 11) is 0. The van der Waals surface area contributed by atoms with Gasteiger partial charge < -0.3 is 17.6 Å². The van der Waals surface area contributed by atoms with Crippen LogP contribution in [0, 0.1) is 10.5 Å². The summed E-state index contributed by atoms with van der Waals surface area (Å²) in [6.45, 7) is 2.82. The first-order chi connectivity index (χ1) is 16.7. The van der Waals surface area contributed by atoms with Gasteiger partial charge in [-0.05, 0) is 94.9 Å². The van der Waals surface area contributed by atoms with E-state index in [0.29, 0.717) is 41.2 Å². The highest BCUT2D eigenvalue weighted by Crippen LogP contribution is 2.47. The second-order valence-electron chi connectivity index (χ2n) is 8.49. The molecule has 0 fully saturated rings. The molecule has 0 amide bonds. The van der Waals surface area contributed by atoms with Crippen molar-refractivity contribution in [1.29, 1.82) is 0 Å². The molecule has 0 bridgehead atoms. The Morgan fingerprint density at radius 1 is 1.03 bits per heavy atom. The monoisotopic (exact) mass is 588 g/mol. The van der Waals surface area contributed by atoms with Crippen LogP contribution in [0.3, 0.4) is 0 Å². The van der Waals surface area contributed by atoms with Gasteiger partial charge >= 0.3 is 6.97 Å². The highest BCUT2D eigenvalue weighted by atomic mass is 127. The number of halogens is 3. The number of rotatable bonds is 7. The molecular formula is C23H24BF2IN8. The molecule has 2 aromatic rings. The SMILES string of the molecule is CCC1=C(C)C2=C(c3ccc(I)cc3)c3c(C)c(CC)c(CN=[N+]=[N-])n3[B-](F)(F)[N+]2=C1CN=[N+]=[N-]. The zero-order valence-corrected chi connectivity index (χ0v) is 22.1. The molecule has 12 heteroatoms. The number of aromatic nitrogens is 1. The van der Waals surface area contributed by atoms with E-state index in [2.05, 4.69) is 42.6 Å². The largest absolute Gasteiger partial charge is 0.737 e. The van der Waals surface area contributed by atoms with E-state index in [9.17, 15) is 0 Å². The molecule has 0 radical (unpaired) electrons. The van der Waals surface area contributed by atoms with E-state index in [4.69, 9.17) is 11.1 Å². The number of allylic oxidation sites excluding steroid dienone is 1. The van der Waals surface area contributed by atoms with Crippen molar-refractivity contribution in [3.8, 4) is 0 Å². The minimum Gasteiger partial charge on any atom is -0.393 e. The maximum absolute atomic E-state index is 16.7. The molecule has 180 valence electrons. The molecule has 0 spiro atoms. The fourth-order valence-corrected chi connectivity index (χ4v) is 5.90. The molecule has 0 saturated heterocycles. The van der Waals surface area contributed by atoms with E-state index >= 15 is 8.63 Å². The highest BCUT2D eigenvalue weighted by molar-refractivity contribution is 14.1. The summed E-state index contributed by atoms with van der Waals surface area (Å²) in [6, 6.07) is 7.79. The van der Waals surface area contributed by atoms with Gasteiger partial charge in [-0.1, -0.05) is 36.2 Å². The molecule has 1 aromatic heterocycles. The van der Waals surface area contributed by atoms with Crippen molar-refractivity contribution in [2.75, 3.05) is 6.54 Å². The predicted molar refractivity (Wildman–Crippen MR) is 142 cm³/mol. The van der Waals surface area contributed by atoms with Gasteiger partial charge in [0.15, 0.2) is 5.70 Å². The Morgan fingerprint density at radius 3 is 2.23 bits per heavy atom. The van der Waals surface area contributed by atoms with E-state index in [1.165, 1.54) is 0 Å². The van der Waals surface area contributed by atoms with Crippen molar-refractivity contribution in [2.45, 2.75) is 47.1 Å². The van der Waals surface area contributed by atoms with Crippen LogP contribution < -0.4 is 0 Å². The molecule has 1 aromatic carbocycles. The van der Waals surface area contributed by atoms with Gasteiger partial charge in [0.05, 0.1) is 12.1 Å². The highest BCUT2D eigenvalue weighted by Gasteiger charge is 2.57. The van der Waals surface area contributed by atoms with Crippen molar-refractivity contribution in [3.05, 3.63) is 93.6 Å². The first kappa shape index (κ1) is 25.0. The Hall–Kier alpha value is -3.08. The average molecular weight is 588 g/mol. The summed E-state index contributed by atoms with van der Waals surface area (Å²) in [5.74, 6) is 0. The number of hydrogen-bond donors (Lipinski definition) is 0. The van der Waals surface area contributed by atoms with Crippen molar-refractivity contribution in [2.24, 2.45) is 10.2 Å². The third-order valence-corrected chi connectivity index (χ3v) is 7.60. The van der Waals surface area contributed by atoms with E-state index < -0.39 is 6.97 Å². The fourth-order valence-electron chi connectivity index (χ4n) is 5.54. The molecule has 0 unspecified atom stereocenters. The summed E-state index contributed by atoms with van der Waals surface area (Å²) >= 11 is 2.22. The van der Waals surface area contributed by atoms with Gasteiger partial charge in [0, 0.05) is 30.2 Å². The molecule has 3 heterocycles. The number of benzene rings is 1. The topological polar surface area (TPSA) is 105 Å². The fraction of sp³-hybridized carbons (Fsp3) is 0.348. The lowest BCUT2D eigenvalue weighted by molar-refractivity contribution is -0.364. The molecule has 4 rings (SSSR count). The van der Waals surface area contributed by atoms with Crippen LogP contribution in [-0.2, 0) is 13.0 Å². The first-order valence-electron chi connectivity index (χ1n) is 11.4. The third-order valence-electron chi connectivity index (χ3n) is 6.88. The Kier molecular flexibility index (Phi) is 6.81. The smallest absolute Gasteiger partial charge is 0.393 e. The maximum atomic E-state index is 16.7. The second kappa shape index (κ2) is 9.52. The van der Waals surface area contributed by atoms with Crippen LogP contribution in [0.1, 0.15) is 55.3 Å². The molecule has 0 aliphatic carbocycles. The summed E-state index contributed by atoms with van der Waals surface area (Å²) in [5, 5.41) is 7.33. The Labute approximate surface area is 215 Å². The Balaban J connectivity index is 2.24. The van der Waals surface area contributed by atoms with E-state index in [1.54, 1.807) is 0 Å². The maximum Gasteiger partial charge on any atom is 0.737 e. The van der Waals surface area contributed by atoms with Crippen molar-refractivity contribution in [1.82, 2.24) is 4.48 Å². The molecule has 0 N–H and O–H groups in total. The predicted octanol–water partition coefficient (Wildman–Crippen LogP) is 7.27. The van der Waals surface area contributed by atoms with E-state index in [-0.39, 0.29) is 13.1 Å². The van der Waals surface area contributed by atoms with Crippen LogP contribution >= 0.6 is 22.6 Å². The van der Waals surface area contributed by atoms with Crippen LogP contribution in [0.25, 0.3) is 26.5 Å². The zero-order chi connectivity index (χ0) is 25.5. The van der Waals surface area contributed by atoms with Crippen LogP contribution in [0.5, 0.6) is 0 Å². The number of fused-ring (bicyclic) bond motifs is 2. The standard InChI is InChI=1S/C23H24BF2IN8/c1-5-17-13(3)22-21(15-7-9-16(27)10-8-15)23-14(4)18(6-2)20(12-31-33-29)35(23)24(25,26)34(22)19(17)11-30-32-28/h7-10H,5-6,11-12H2,1-4H3. The minimum absolute atomic E-state index is 0.181. The molecule has 35 heavy (non-hydrogen) atoms.